The Morgan fingerprint density at radius 1 is 1.48 bits per heavy atom. The van der Waals surface area contributed by atoms with Gasteiger partial charge >= 0.3 is 0 Å². The number of halogens is 1. The molecule has 0 bridgehead atoms. The number of methoxy groups -OCH3 is 1. The third kappa shape index (κ3) is 3.07. The SMILES string of the molecule is COCCCn1c(C2CCCNC2)nc2c(Cl)cccc21. The summed E-state index contributed by atoms with van der Waals surface area (Å²) in [5, 5.41) is 4.21. The fourth-order valence-electron chi connectivity index (χ4n) is 3.12. The Labute approximate surface area is 130 Å². The minimum atomic E-state index is 0.477. The van der Waals surface area contributed by atoms with Crippen LogP contribution in [0.4, 0.5) is 0 Å². The number of benzene rings is 1. The Hall–Kier alpha value is -1.10. The Morgan fingerprint density at radius 2 is 2.38 bits per heavy atom. The average molecular weight is 308 g/mol. The van der Waals surface area contributed by atoms with Gasteiger partial charge in [0.2, 0.25) is 0 Å². The van der Waals surface area contributed by atoms with Crippen LogP contribution in [0.25, 0.3) is 11.0 Å². The zero-order chi connectivity index (χ0) is 14.7. The molecule has 1 unspecified atom stereocenters. The van der Waals surface area contributed by atoms with Crippen molar-refractivity contribution >= 4 is 22.6 Å². The van der Waals surface area contributed by atoms with E-state index in [1.54, 1.807) is 7.11 Å². The number of para-hydroxylation sites is 1. The molecule has 1 fully saturated rings. The summed E-state index contributed by atoms with van der Waals surface area (Å²) < 4.78 is 7.52. The van der Waals surface area contributed by atoms with Crippen molar-refractivity contribution in [2.45, 2.75) is 31.7 Å². The monoisotopic (exact) mass is 307 g/mol. The van der Waals surface area contributed by atoms with Crippen LogP contribution >= 0.6 is 11.6 Å². The van der Waals surface area contributed by atoms with Crippen molar-refractivity contribution < 1.29 is 4.74 Å². The molecule has 2 aromatic rings. The summed E-state index contributed by atoms with van der Waals surface area (Å²) in [6.07, 6.45) is 3.39. The van der Waals surface area contributed by atoms with Gasteiger partial charge in [0.05, 0.1) is 10.5 Å². The summed E-state index contributed by atoms with van der Waals surface area (Å²) in [7, 11) is 1.74. The molecule has 0 radical (unpaired) electrons. The maximum absolute atomic E-state index is 6.33. The number of ether oxygens (including phenoxy) is 1. The first-order valence-electron chi connectivity index (χ1n) is 7.65. The molecule has 2 heterocycles. The second-order valence-electron chi connectivity index (χ2n) is 5.62. The summed E-state index contributed by atoms with van der Waals surface area (Å²) in [6, 6.07) is 6.03. The molecule has 1 aromatic heterocycles. The molecule has 114 valence electrons. The van der Waals surface area contributed by atoms with Gasteiger partial charge in [0.1, 0.15) is 11.3 Å². The van der Waals surface area contributed by atoms with Gasteiger partial charge in [0, 0.05) is 32.7 Å². The van der Waals surface area contributed by atoms with Crippen LogP contribution in [-0.4, -0.2) is 36.4 Å². The highest BCUT2D eigenvalue weighted by atomic mass is 35.5. The Morgan fingerprint density at radius 3 is 3.14 bits per heavy atom. The lowest BCUT2D eigenvalue weighted by atomic mass is 9.99. The molecule has 1 N–H and O–H groups in total. The second kappa shape index (κ2) is 6.77. The van der Waals surface area contributed by atoms with E-state index in [1.165, 1.54) is 18.7 Å². The first kappa shape index (κ1) is 14.8. The van der Waals surface area contributed by atoms with E-state index >= 15 is 0 Å². The zero-order valence-electron chi connectivity index (χ0n) is 12.4. The normalized spacial score (nSPS) is 19.2. The van der Waals surface area contributed by atoms with E-state index in [1.807, 2.05) is 12.1 Å². The summed E-state index contributed by atoms with van der Waals surface area (Å²) in [5.74, 6) is 1.64. The molecule has 1 saturated heterocycles. The van der Waals surface area contributed by atoms with Crippen molar-refractivity contribution in [3.8, 4) is 0 Å². The van der Waals surface area contributed by atoms with Crippen molar-refractivity contribution in [2.24, 2.45) is 0 Å². The molecular weight excluding hydrogens is 286 g/mol. The van der Waals surface area contributed by atoms with Gasteiger partial charge < -0.3 is 14.6 Å². The predicted molar refractivity (Wildman–Crippen MR) is 86.1 cm³/mol. The van der Waals surface area contributed by atoms with Crippen LogP contribution in [0.5, 0.6) is 0 Å². The van der Waals surface area contributed by atoms with Gasteiger partial charge in [-0.2, -0.15) is 0 Å². The highest BCUT2D eigenvalue weighted by molar-refractivity contribution is 6.34. The molecular formula is C16H22ClN3O. The van der Waals surface area contributed by atoms with Gasteiger partial charge in [-0.05, 0) is 37.9 Å². The van der Waals surface area contributed by atoms with E-state index in [-0.39, 0.29) is 0 Å². The van der Waals surface area contributed by atoms with Crippen LogP contribution in [0, 0.1) is 0 Å². The van der Waals surface area contributed by atoms with E-state index in [2.05, 4.69) is 16.0 Å². The number of aromatic nitrogens is 2. The van der Waals surface area contributed by atoms with Crippen LogP contribution in [0.1, 0.15) is 31.0 Å². The minimum absolute atomic E-state index is 0.477. The van der Waals surface area contributed by atoms with E-state index < -0.39 is 0 Å². The number of hydrogen-bond donors (Lipinski definition) is 1. The summed E-state index contributed by atoms with van der Waals surface area (Å²) in [6.45, 7) is 3.81. The van der Waals surface area contributed by atoms with E-state index in [9.17, 15) is 0 Å². The molecule has 1 atom stereocenters. The van der Waals surface area contributed by atoms with E-state index in [0.717, 1.165) is 48.7 Å². The molecule has 4 nitrogen and oxygen atoms in total. The smallest absolute Gasteiger partial charge is 0.114 e. The van der Waals surface area contributed by atoms with Gasteiger partial charge in [-0.25, -0.2) is 4.98 Å². The van der Waals surface area contributed by atoms with Crippen molar-refractivity contribution in [2.75, 3.05) is 26.8 Å². The van der Waals surface area contributed by atoms with Gasteiger partial charge in [-0.15, -0.1) is 0 Å². The Kier molecular flexibility index (Phi) is 4.78. The number of piperidine rings is 1. The van der Waals surface area contributed by atoms with Crippen molar-refractivity contribution in [1.82, 2.24) is 14.9 Å². The molecule has 1 aliphatic heterocycles. The highest BCUT2D eigenvalue weighted by Crippen LogP contribution is 2.30. The quantitative estimate of drug-likeness (QED) is 0.862. The fraction of sp³-hybridized carbons (Fsp3) is 0.562. The van der Waals surface area contributed by atoms with Crippen molar-refractivity contribution in [1.29, 1.82) is 0 Å². The van der Waals surface area contributed by atoms with E-state index in [4.69, 9.17) is 21.3 Å². The predicted octanol–water partition coefficient (Wildman–Crippen LogP) is 3.19. The Balaban J connectivity index is 1.99. The minimum Gasteiger partial charge on any atom is -0.385 e. The molecule has 0 saturated carbocycles. The number of aryl methyl sites for hydroxylation is 1. The lowest BCUT2D eigenvalue weighted by Crippen LogP contribution is -2.30. The van der Waals surface area contributed by atoms with Gasteiger partial charge in [-0.3, -0.25) is 0 Å². The summed E-state index contributed by atoms with van der Waals surface area (Å²) in [4.78, 5) is 4.86. The maximum atomic E-state index is 6.33. The van der Waals surface area contributed by atoms with Crippen molar-refractivity contribution in [3.05, 3.63) is 29.0 Å². The highest BCUT2D eigenvalue weighted by Gasteiger charge is 2.22. The maximum Gasteiger partial charge on any atom is 0.114 e. The number of rotatable bonds is 5. The second-order valence-corrected chi connectivity index (χ2v) is 6.03. The molecule has 21 heavy (non-hydrogen) atoms. The standard InChI is InChI=1S/C16H22ClN3O/c1-21-10-4-9-20-14-7-2-6-13(17)15(14)19-16(20)12-5-3-8-18-11-12/h2,6-7,12,18H,3-5,8-11H2,1H3. The largest absolute Gasteiger partial charge is 0.385 e. The number of nitrogens with zero attached hydrogens (tertiary/aromatic N) is 2. The molecule has 1 aromatic carbocycles. The van der Waals surface area contributed by atoms with Gasteiger partial charge in [-0.1, -0.05) is 17.7 Å². The number of imidazole rings is 1. The first-order valence-corrected chi connectivity index (χ1v) is 8.03. The number of nitrogens with one attached hydrogen (secondary N) is 1. The fourth-order valence-corrected chi connectivity index (χ4v) is 3.33. The van der Waals surface area contributed by atoms with Crippen molar-refractivity contribution in [3.63, 3.8) is 0 Å². The molecule has 0 spiro atoms. The molecule has 0 aliphatic carbocycles. The average Bonchev–Trinajstić information content (AvgIpc) is 2.89. The van der Waals surface area contributed by atoms with E-state index in [0.29, 0.717) is 5.92 Å². The summed E-state index contributed by atoms with van der Waals surface area (Å²) >= 11 is 6.33. The van der Waals surface area contributed by atoms with Gasteiger partial charge in [0.15, 0.2) is 0 Å². The van der Waals surface area contributed by atoms with Crippen LogP contribution in [-0.2, 0) is 11.3 Å². The number of hydrogen-bond acceptors (Lipinski definition) is 3. The zero-order valence-corrected chi connectivity index (χ0v) is 13.2. The summed E-state index contributed by atoms with van der Waals surface area (Å²) in [5.41, 5.74) is 2.07. The topological polar surface area (TPSA) is 39.1 Å². The molecule has 3 rings (SSSR count). The van der Waals surface area contributed by atoms with Crippen LogP contribution in [0.2, 0.25) is 5.02 Å². The molecule has 0 amide bonds. The van der Waals surface area contributed by atoms with Gasteiger partial charge in [0.25, 0.3) is 0 Å². The van der Waals surface area contributed by atoms with Crippen LogP contribution in [0.15, 0.2) is 18.2 Å². The third-order valence-corrected chi connectivity index (χ3v) is 4.46. The lowest BCUT2D eigenvalue weighted by molar-refractivity contribution is 0.190. The number of fused-ring (bicyclic) bond motifs is 1. The molecule has 1 aliphatic rings. The first-order chi connectivity index (χ1) is 10.3. The molecule has 5 heteroatoms. The third-order valence-electron chi connectivity index (χ3n) is 4.15. The van der Waals surface area contributed by atoms with Crippen LogP contribution in [0.3, 0.4) is 0 Å². The Bertz CT molecular complexity index is 605. The van der Waals surface area contributed by atoms with Crippen LogP contribution < -0.4 is 5.32 Å². The lowest BCUT2D eigenvalue weighted by Gasteiger charge is -2.23.